The van der Waals surface area contributed by atoms with Crippen LogP contribution in [0.1, 0.15) is 17.4 Å². The minimum atomic E-state index is -0.372. The first kappa shape index (κ1) is 10.4. The van der Waals surface area contributed by atoms with Crippen molar-refractivity contribution in [1.29, 1.82) is 0 Å². The van der Waals surface area contributed by atoms with Gasteiger partial charge in [0.1, 0.15) is 3.79 Å². The van der Waals surface area contributed by atoms with Gasteiger partial charge in [0.15, 0.2) is 8.71 Å². The molecule has 0 aliphatic rings. The minimum absolute atomic E-state index is 0.367. The Hall–Kier alpha value is 0.310. The second-order valence-corrected chi connectivity index (χ2v) is 5.88. The van der Waals surface area contributed by atoms with Crippen molar-refractivity contribution < 1.29 is 9.53 Å². The van der Waals surface area contributed by atoms with Crippen LogP contribution < -0.4 is 0 Å². The number of hydrogen-bond donors (Lipinski definition) is 0. The second kappa shape index (κ2) is 4.52. The van der Waals surface area contributed by atoms with Gasteiger partial charge < -0.3 is 4.74 Å². The summed E-state index contributed by atoms with van der Waals surface area (Å²) in [4.78, 5) is 15.2. The Kier molecular flexibility index (Phi) is 3.91. The standard InChI is InChI=1S/C6H5BrINO2S/c1-2-11-5(10)3-4(7)12-6(8)9-3/h2H2,1H3. The van der Waals surface area contributed by atoms with Crippen molar-refractivity contribution in [2.45, 2.75) is 6.92 Å². The fourth-order valence-electron chi connectivity index (χ4n) is 0.602. The van der Waals surface area contributed by atoms with Crippen LogP contribution in [0.2, 0.25) is 0 Å². The minimum Gasteiger partial charge on any atom is -0.461 e. The lowest BCUT2D eigenvalue weighted by molar-refractivity contribution is 0.0519. The highest BCUT2D eigenvalue weighted by molar-refractivity contribution is 14.1. The molecule has 3 nitrogen and oxygen atoms in total. The van der Waals surface area contributed by atoms with Crippen LogP contribution in [0, 0.1) is 3.01 Å². The van der Waals surface area contributed by atoms with Gasteiger partial charge in [0.05, 0.1) is 6.61 Å². The molecule has 0 fully saturated rings. The van der Waals surface area contributed by atoms with Crippen LogP contribution in [-0.2, 0) is 4.74 Å². The zero-order valence-corrected chi connectivity index (χ0v) is 10.7. The summed E-state index contributed by atoms with van der Waals surface area (Å²) in [5.74, 6) is -0.372. The topological polar surface area (TPSA) is 39.2 Å². The Balaban J connectivity index is 2.87. The molecule has 1 aromatic heterocycles. The summed E-state index contributed by atoms with van der Waals surface area (Å²) in [6.07, 6.45) is 0. The van der Waals surface area contributed by atoms with Crippen molar-refractivity contribution >= 4 is 55.8 Å². The summed E-state index contributed by atoms with van der Waals surface area (Å²) in [7, 11) is 0. The number of esters is 1. The molecule has 0 aliphatic heterocycles. The van der Waals surface area contributed by atoms with E-state index in [0.717, 1.165) is 6.80 Å². The molecular weight excluding hydrogens is 357 g/mol. The van der Waals surface area contributed by atoms with Gasteiger partial charge in [0, 0.05) is 0 Å². The van der Waals surface area contributed by atoms with Crippen LogP contribution in [0.15, 0.2) is 3.79 Å². The summed E-state index contributed by atoms with van der Waals surface area (Å²) >= 11 is 6.71. The Labute approximate surface area is 95.8 Å². The predicted octanol–water partition coefficient (Wildman–Crippen LogP) is 2.69. The van der Waals surface area contributed by atoms with E-state index in [0.29, 0.717) is 12.3 Å². The Morgan fingerprint density at radius 1 is 1.83 bits per heavy atom. The fourth-order valence-corrected chi connectivity index (χ4v) is 3.63. The zero-order valence-electron chi connectivity index (χ0n) is 6.13. The van der Waals surface area contributed by atoms with Gasteiger partial charge in [-0.25, -0.2) is 9.78 Å². The molecule has 0 bridgehead atoms. The summed E-state index contributed by atoms with van der Waals surface area (Å²) < 4.78 is 6.34. The maximum atomic E-state index is 11.2. The lowest BCUT2D eigenvalue weighted by atomic mass is 10.5. The molecule has 0 unspecified atom stereocenters. The summed E-state index contributed by atoms with van der Waals surface area (Å²) in [5.41, 5.74) is 0.367. The van der Waals surface area contributed by atoms with Gasteiger partial charge in [-0.15, -0.1) is 11.3 Å². The van der Waals surface area contributed by atoms with Crippen LogP contribution in [0.4, 0.5) is 0 Å². The molecule has 0 amide bonds. The van der Waals surface area contributed by atoms with E-state index in [1.807, 2.05) is 0 Å². The van der Waals surface area contributed by atoms with Gasteiger partial charge in [-0.3, -0.25) is 0 Å². The van der Waals surface area contributed by atoms with Crippen molar-refractivity contribution in [1.82, 2.24) is 4.98 Å². The number of hydrogen-bond acceptors (Lipinski definition) is 4. The van der Waals surface area contributed by atoms with E-state index in [9.17, 15) is 4.79 Å². The van der Waals surface area contributed by atoms with Crippen molar-refractivity contribution in [3.05, 3.63) is 12.5 Å². The third-order valence-corrected chi connectivity index (χ3v) is 3.42. The summed E-state index contributed by atoms with van der Waals surface area (Å²) in [6.45, 7) is 2.14. The van der Waals surface area contributed by atoms with Crippen molar-refractivity contribution in [3.63, 3.8) is 0 Å². The van der Waals surface area contributed by atoms with Gasteiger partial charge in [-0.1, -0.05) is 0 Å². The van der Waals surface area contributed by atoms with E-state index in [2.05, 4.69) is 43.5 Å². The lowest BCUT2D eigenvalue weighted by Gasteiger charge is -1.96. The fraction of sp³-hybridized carbons (Fsp3) is 0.333. The molecule has 1 aromatic rings. The predicted molar refractivity (Wildman–Crippen MR) is 58.5 cm³/mol. The summed E-state index contributed by atoms with van der Waals surface area (Å²) in [6, 6.07) is 0. The van der Waals surface area contributed by atoms with Crippen molar-refractivity contribution in [2.24, 2.45) is 0 Å². The number of carbonyl (C=O) groups excluding carboxylic acids is 1. The molecular formula is C6H5BrINO2S. The van der Waals surface area contributed by atoms with Crippen LogP contribution in [0.3, 0.4) is 0 Å². The quantitative estimate of drug-likeness (QED) is 0.600. The molecule has 0 atom stereocenters. The highest BCUT2D eigenvalue weighted by Crippen LogP contribution is 2.26. The van der Waals surface area contributed by atoms with Crippen LogP contribution >= 0.6 is 49.9 Å². The molecule has 66 valence electrons. The second-order valence-electron chi connectivity index (χ2n) is 1.81. The summed E-state index contributed by atoms with van der Waals surface area (Å²) in [5, 5.41) is 0. The van der Waals surface area contributed by atoms with E-state index >= 15 is 0 Å². The van der Waals surface area contributed by atoms with Crippen LogP contribution in [0.5, 0.6) is 0 Å². The number of carbonyl (C=O) groups is 1. The maximum absolute atomic E-state index is 11.2. The Morgan fingerprint density at radius 3 is 2.92 bits per heavy atom. The lowest BCUT2D eigenvalue weighted by Crippen LogP contribution is -2.05. The SMILES string of the molecule is CCOC(=O)c1nc(I)sc1Br. The van der Waals surface area contributed by atoms with Gasteiger partial charge >= 0.3 is 5.97 Å². The molecule has 0 N–H and O–H groups in total. The zero-order chi connectivity index (χ0) is 9.14. The van der Waals surface area contributed by atoms with Crippen molar-refractivity contribution in [3.8, 4) is 0 Å². The first-order chi connectivity index (χ1) is 5.65. The third-order valence-electron chi connectivity index (χ3n) is 1.03. The van der Waals surface area contributed by atoms with Gasteiger partial charge in [-0.2, -0.15) is 0 Å². The molecule has 0 saturated carbocycles. The van der Waals surface area contributed by atoms with Crippen molar-refractivity contribution in [2.75, 3.05) is 6.61 Å². The number of thiazole rings is 1. The van der Waals surface area contributed by atoms with Gasteiger partial charge in [-0.05, 0) is 45.4 Å². The van der Waals surface area contributed by atoms with Crippen LogP contribution in [0.25, 0.3) is 0 Å². The molecule has 0 aliphatic carbocycles. The van der Waals surface area contributed by atoms with E-state index in [1.54, 1.807) is 6.92 Å². The number of rotatable bonds is 2. The molecule has 1 heterocycles. The van der Waals surface area contributed by atoms with Crippen LogP contribution in [-0.4, -0.2) is 17.6 Å². The third kappa shape index (κ3) is 2.40. The smallest absolute Gasteiger partial charge is 0.359 e. The van der Waals surface area contributed by atoms with E-state index in [-0.39, 0.29) is 5.97 Å². The number of ether oxygens (including phenoxy) is 1. The Morgan fingerprint density at radius 2 is 2.50 bits per heavy atom. The van der Waals surface area contributed by atoms with E-state index < -0.39 is 0 Å². The first-order valence-corrected chi connectivity index (χ1v) is 5.83. The normalized spacial score (nSPS) is 9.92. The number of halogens is 2. The highest BCUT2D eigenvalue weighted by atomic mass is 127. The molecule has 6 heteroatoms. The maximum Gasteiger partial charge on any atom is 0.359 e. The molecule has 1 rings (SSSR count). The van der Waals surface area contributed by atoms with E-state index in [1.165, 1.54) is 11.3 Å². The van der Waals surface area contributed by atoms with Gasteiger partial charge in [0.2, 0.25) is 0 Å². The Bertz CT molecular complexity index is 302. The monoisotopic (exact) mass is 361 g/mol. The average molecular weight is 362 g/mol. The van der Waals surface area contributed by atoms with E-state index in [4.69, 9.17) is 4.74 Å². The average Bonchev–Trinajstić information content (AvgIpc) is 2.30. The molecule has 12 heavy (non-hydrogen) atoms. The van der Waals surface area contributed by atoms with Gasteiger partial charge in [0.25, 0.3) is 0 Å². The molecule has 0 aromatic carbocycles. The largest absolute Gasteiger partial charge is 0.461 e. The first-order valence-electron chi connectivity index (χ1n) is 3.14. The molecule has 0 saturated heterocycles. The highest BCUT2D eigenvalue weighted by Gasteiger charge is 2.16. The number of nitrogens with zero attached hydrogens (tertiary/aromatic N) is 1. The number of aromatic nitrogens is 1. The molecule has 0 spiro atoms. The molecule has 0 radical (unpaired) electrons.